The number of hydrogen-bond donors (Lipinski definition) is 0. The molecule has 0 spiro atoms. The van der Waals surface area contributed by atoms with Crippen molar-refractivity contribution in [3.05, 3.63) is 101 Å². The first-order valence-electron chi connectivity index (χ1n) is 10.3. The van der Waals surface area contributed by atoms with Crippen molar-refractivity contribution in [1.82, 2.24) is 19.3 Å². The predicted molar refractivity (Wildman–Crippen MR) is 127 cm³/mol. The number of nitriles is 1. The van der Waals surface area contributed by atoms with Gasteiger partial charge in [0.15, 0.2) is 17.5 Å². The quantitative estimate of drug-likeness (QED) is 0.378. The highest BCUT2D eigenvalue weighted by Crippen LogP contribution is 2.24. The van der Waals surface area contributed by atoms with Gasteiger partial charge in [-0.3, -0.25) is 14.2 Å². The lowest BCUT2D eigenvalue weighted by Gasteiger charge is -2.09. The Morgan fingerprint density at radius 1 is 0.971 bits per heavy atom. The van der Waals surface area contributed by atoms with Gasteiger partial charge in [-0.2, -0.15) is 10.4 Å². The molecule has 0 N–H and O–H groups in total. The van der Waals surface area contributed by atoms with Crippen LogP contribution in [0.3, 0.4) is 0 Å². The first-order valence-corrected chi connectivity index (χ1v) is 10.3. The van der Waals surface area contributed by atoms with Crippen molar-refractivity contribution in [3.8, 4) is 34.3 Å². The Hall–Kier alpha value is -5.03. The molecule has 34 heavy (non-hydrogen) atoms. The highest BCUT2D eigenvalue weighted by molar-refractivity contribution is 5.87. The van der Waals surface area contributed by atoms with Crippen LogP contribution in [0.5, 0.6) is 5.75 Å². The van der Waals surface area contributed by atoms with Gasteiger partial charge in [0.25, 0.3) is 5.56 Å². The summed E-state index contributed by atoms with van der Waals surface area (Å²) in [6.45, 7) is 0. The fourth-order valence-corrected chi connectivity index (χ4v) is 3.84. The number of fused-ring (bicyclic) bond motifs is 1. The van der Waals surface area contributed by atoms with Crippen molar-refractivity contribution in [2.75, 3.05) is 7.11 Å². The molecule has 164 valence electrons. The minimum Gasteiger partial charge on any atom is -0.497 e. The SMILES string of the molecule is COc1ccc(-n2nc(C#N)c3ncn(-c4ccc(-c5ccccc5C=O)cc4)c(=O)c32)cc1. The number of methoxy groups -OCH3 is 1. The number of carbonyl (C=O) groups is 1. The summed E-state index contributed by atoms with van der Waals surface area (Å²) < 4.78 is 8.02. The number of aromatic nitrogens is 4. The van der Waals surface area contributed by atoms with Crippen LogP contribution in [0.25, 0.3) is 33.5 Å². The number of carbonyl (C=O) groups excluding carboxylic acids is 1. The molecule has 0 bridgehead atoms. The summed E-state index contributed by atoms with van der Waals surface area (Å²) in [4.78, 5) is 29.3. The molecule has 0 saturated carbocycles. The third-order valence-electron chi connectivity index (χ3n) is 5.55. The Bertz CT molecular complexity index is 1630. The average Bonchev–Trinajstić information content (AvgIpc) is 3.29. The first kappa shape index (κ1) is 20.8. The van der Waals surface area contributed by atoms with Crippen molar-refractivity contribution in [2.24, 2.45) is 0 Å². The normalized spacial score (nSPS) is 10.7. The zero-order valence-corrected chi connectivity index (χ0v) is 18.0. The maximum Gasteiger partial charge on any atom is 0.284 e. The second kappa shape index (κ2) is 8.48. The van der Waals surface area contributed by atoms with E-state index >= 15 is 0 Å². The molecule has 0 radical (unpaired) electrons. The summed E-state index contributed by atoms with van der Waals surface area (Å²) in [6.07, 6.45) is 2.21. The molecule has 0 unspecified atom stereocenters. The van der Waals surface area contributed by atoms with Crippen molar-refractivity contribution in [2.45, 2.75) is 0 Å². The van der Waals surface area contributed by atoms with E-state index in [1.54, 1.807) is 49.6 Å². The molecule has 5 rings (SSSR count). The van der Waals surface area contributed by atoms with Crippen LogP contribution in [0.1, 0.15) is 16.1 Å². The third-order valence-corrected chi connectivity index (χ3v) is 5.55. The molecule has 2 heterocycles. The highest BCUT2D eigenvalue weighted by Gasteiger charge is 2.18. The van der Waals surface area contributed by atoms with Crippen molar-refractivity contribution in [1.29, 1.82) is 5.26 Å². The van der Waals surface area contributed by atoms with Gasteiger partial charge in [0, 0.05) is 5.56 Å². The van der Waals surface area contributed by atoms with Gasteiger partial charge < -0.3 is 4.74 Å². The standard InChI is InChI=1S/C26H17N5O3/c1-34-21-12-10-20(11-13-21)31-25-24(23(14-27)29-31)28-16-30(26(25)33)19-8-6-17(7-9-19)22-5-3-2-4-18(22)15-32/h2-13,15-16H,1H3. The molecule has 2 aromatic heterocycles. The maximum atomic E-state index is 13.5. The summed E-state index contributed by atoms with van der Waals surface area (Å²) in [5, 5.41) is 13.8. The Morgan fingerprint density at radius 3 is 2.35 bits per heavy atom. The smallest absolute Gasteiger partial charge is 0.284 e. The van der Waals surface area contributed by atoms with Crippen LogP contribution in [0, 0.1) is 11.3 Å². The minimum atomic E-state index is -0.365. The van der Waals surface area contributed by atoms with Gasteiger partial charge in [-0.05, 0) is 47.5 Å². The van der Waals surface area contributed by atoms with Gasteiger partial charge in [-0.25, -0.2) is 9.67 Å². The Kier molecular flexibility index (Phi) is 5.20. The summed E-state index contributed by atoms with van der Waals surface area (Å²) in [7, 11) is 1.57. The van der Waals surface area contributed by atoms with Gasteiger partial charge in [0.1, 0.15) is 23.7 Å². The molecule has 8 heteroatoms. The lowest BCUT2D eigenvalue weighted by Crippen LogP contribution is -2.21. The van der Waals surface area contributed by atoms with Gasteiger partial charge in [0.05, 0.1) is 18.5 Å². The largest absolute Gasteiger partial charge is 0.497 e. The van der Waals surface area contributed by atoms with Crippen LogP contribution < -0.4 is 10.3 Å². The van der Waals surface area contributed by atoms with E-state index in [0.29, 0.717) is 22.7 Å². The molecule has 0 aliphatic rings. The van der Waals surface area contributed by atoms with E-state index in [1.807, 2.05) is 36.4 Å². The summed E-state index contributed by atoms with van der Waals surface area (Å²) in [5.41, 5.74) is 3.56. The molecule has 0 amide bonds. The minimum absolute atomic E-state index is 0.0656. The van der Waals surface area contributed by atoms with Crippen molar-refractivity contribution < 1.29 is 9.53 Å². The fourth-order valence-electron chi connectivity index (χ4n) is 3.84. The molecule has 0 fully saturated rings. The fraction of sp³-hybridized carbons (Fsp3) is 0.0385. The third kappa shape index (κ3) is 3.42. The highest BCUT2D eigenvalue weighted by atomic mass is 16.5. The predicted octanol–water partition coefficient (Wildman–Crippen LogP) is 3.93. The molecule has 3 aromatic carbocycles. The monoisotopic (exact) mass is 447 g/mol. The van der Waals surface area contributed by atoms with E-state index in [4.69, 9.17) is 4.74 Å². The lowest BCUT2D eigenvalue weighted by atomic mass is 10.0. The van der Waals surface area contributed by atoms with E-state index in [-0.39, 0.29) is 22.3 Å². The molecule has 0 atom stereocenters. The summed E-state index contributed by atoms with van der Waals surface area (Å²) >= 11 is 0. The van der Waals surface area contributed by atoms with Crippen molar-refractivity contribution in [3.63, 3.8) is 0 Å². The topological polar surface area (TPSA) is 103 Å². The zero-order valence-electron chi connectivity index (χ0n) is 18.0. The number of rotatable bonds is 5. The van der Waals surface area contributed by atoms with E-state index < -0.39 is 0 Å². The summed E-state index contributed by atoms with van der Waals surface area (Å²) in [5.74, 6) is 0.660. The van der Waals surface area contributed by atoms with Crippen LogP contribution in [-0.4, -0.2) is 32.7 Å². The number of benzene rings is 3. The molecular formula is C26H17N5O3. The molecule has 8 nitrogen and oxygen atoms in total. The second-order valence-corrected chi connectivity index (χ2v) is 7.44. The first-order chi connectivity index (χ1) is 16.6. The molecule has 0 aliphatic heterocycles. The number of ether oxygens (including phenoxy) is 1. The second-order valence-electron chi connectivity index (χ2n) is 7.44. The number of aldehydes is 1. The van der Waals surface area contributed by atoms with Crippen LogP contribution >= 0.6 is 0 Å². The van der Waals surface area contributed by atoms with E-state index in [9.17, 15) is 14.9 Å². The van der Waals surface area contributed by atoms with Crippen LogP contribution in [0.2, 0.25) is 0 Å². The summed E-state index contributed by atoms with van der Waals surface area (Å²) in [6, 6.07) is 23.6. The Morgan fingerprint density at radius 2 is 1.68 bits per heavy atom. The van der Waals surface area contributed by atoms with E-state index in [1.165, 1.54) is 15.6 Å². The molecule has 0 saturated heterocycles. The zero-order chi connectivity index (χ0) is 23.7. The number of nitrogens with zero attached hydrogens (tertiary/aromatic N) is 5. The molecule has 5 aromatic rings. The van der Waals surface area contributed by atoms with Gasteiger partial charge in [-0.1, -0.05) is 36.4 Å². The lowest BCUT2D eigenvalue weighted by molar-refractivity contribution is 0.112. The van der Waals surface area contributed by atoms with Crippen LogP contribution in [0.4, 0.5) is 0 Å². The van der Waals surface area contributed by atoms with Gasteiger partial charge in [-0.15, -0.1) is 0 Å². The van der Waals surface area contributed by atoms with Gasteiger partial charge >= 0.3 is 0 Å². The van der Waals surface area contributed by atoms with Crippen molar-refractivity contribution >= 4 is 17.3 Å². The van der Waals surface area contributed by atoms with E-state index in [2.05, 4.69) is 10.1 Å². The molecular weight excluding hydrogens is 430 g/mol. The van der Waals surface area contributed by atoms with Gasteiger partial charge in [0.2, 0.25) is 0 Å². The Balaban J connectivity index is 1.64. The van der Waals surface area contributed by atoms with Crippen LogP contribution in [0.15, 0.2) is 83.9 Å². The average molecular weight is 447 g/mol. The number of hydrogen-bond acceptors (Lipinski definition) is 6. The molecule has 0 aliphatic carbocycles. The van der Waals surface area contributed by atoms with E-state index in [0.717, 1.165) is 17.4 Å². The Labute approximate surface area is 193 Å². The van der Waals surface area contributed by atoms with Crippen LogP contribution in [-0.2, 0) is 0 Å². The maximum absolute atomic E-state index is 13.5.